The molecule has 0 atom stereocenters. The summed E-state index contributed by atoms with van der Waals surface area (Å²) >= 11 is 7.33. The molecule has 0 aliphatic heterocycles. The van der Waals surface area contributed by atoms with E-state index >= 15 is 0 Å². The normalized spacial score (nSPS) is 11.2. The molecule has 66 heavy (non-hydrogen) atoms. The van der Waals surface area contributed by atoms with E-state index < -0.39 is 7.12 Å². The lowest BCUT2D eigenvalue weighted by atomic mass is 9.81. The Morgan fingerprint density at radius 3 is 0.955 bits per heavy atom. The summed E-state index contributed by atoms with van der Waals surface area (Å²) in [7, 11) is -1.34. The first-order chi connectivity index (χ1) is 31.9. The third-order valence-corrected chi connectivity index (χ3v) is 13.6. The predicted octanol–water partition coefficient (Wildman–Crippen LogP) is 16.6. The standard InChI is InChI=1S/C32H20O.C20H10Br2O.C6H7BO2.CH4/c1-3-9-21(10-4-1)23-17-19-29-31-25(23)13-7-15-27(31)28-16-8-14-26-24(22-11-5-2-6-12-22)18-20-30(33-29)32(26)28;21-15-7-9-17-19-11(3-1-5-13(15)19)12-4-2-6-14-16(22)8-10-18(23-17)20(12)14;8-7(9)6-4-2-1-3-5-6;/h1-20H;1-10H;1-5,8-9H;1H4. The molecule has 318 valence electrons. The first-order valence-corrected chi connectivity index (χ1v) is 22.9. The van der Waals surface area contributed by atoms with E-state index in [2.05, 4.69) is 190 Å². The lowest BCUT2D eigenvalue weighted by Gasteiger charge is -2.09. The molecule has 2 N–H and O–H groups in total. The van der Waals surface area contributed by atoms with Crippen LogP contribution in [0.2, 0.25) is 0 Å². The van der Waals surface area contributed by atoms with Crippen LogP contribution in [0.5, 0.6) is 0 Å². The van der Waals surface area contributed by atoms with Gasteiger partial charge in [-0.2, -0.15) is 0 Å². The maximum Gasteiger partial charge on any atom is 0.488 e. The van der Waals surface area contributed by atoms with Crippen molar-refractivity contribution in [2.24, 2.45) is 0 Å². The van der Waals surface area contributed by atoms with Crippen molar-refractivity contribution in [3.05, 3.63) is 221 Å². The number of fused-ring (bicyclic) bond motifs is 2. The van der Waals surface area contributed by atoms with Crippen LogP contribution in [-0.2, 0) is 0 Å². The van der Waals surface area contributed by atoms with Gasteiger partial charge < -0.3 is 18.9 Å². The first kappa shape index (κ1) is 42.9. The Balaban J connectivity index is 0.000000134. The van der Waals surface area contributed by atoms with Crippen LogP contribution in [0.25, 0.3) is 109 Å². The molecule has 11 aromatic carbocycles. The van der Waals surface area contributed by atoms with Gasteiger partial charge in [0.15, 0.2) is 0 Å². The molecule has 0 aliphatic rings. The largest absolute Gasteiger partial charge is 0.488 e. The van der Waals surface area contributed by atoms with E-state index in [1.165, 1.54) is 76.1 Å². The summed E-state index contributed by atoms with van der Waals surface area (Å²) < 4.78 is 15.1. The molecule has 0 spiro atoms. The van der Waals surface area contributed by atoms with Crippen LogP contribution in [0, 0.1) is 0 Å². The number of halogens is 2. The van der Waals surface area contributed by atoms with E-state index in [1.54, 1.807) is 24.3 Å². The van der Waals surface area contributed by atoms with Crippen molar-refractivity contribution in [3.8, 4) is 22.3 Å². The fourth-order valence-electron chi connectivity index (χ4n) is 9.27. The Labute approximate surface area is 398 Å². The molecule has 2 heterocycles. The maximum atomic E-state index is 8.58. The fourth-order valence-corrected chi connectivity index (χ4v) is 10.2. The molecule has 13 rings (SSSR count). The summed E-state index contributed by atoms with van der Waals surface area (Å²) in [6.07, 6.45) is 0. The van der Waals surface area contributed by atoms with E-state index in [9.17, 15) is 0 Å². The van der Waals surface area contributed by atoms with Gasteiger partial charge in [0.2, 0.25) is 0 Å². The fraction of sp³-hybridized carbons (Fsp3) is 0.0169. The zero-order valence-corrected chi connectivity index (χ0v) is 37.9. The van der Waals surface area contributed by atoms with Crippen LogP contribution in [0.1, 0.15) is 7.43 Å². The smallest absolute Gasteiger partial charge is 0.456 e. The van der Waals surface area contributed by atoms with Crippen LogP contribution < -0.4 is 5.46 Å². The minimum Gasteiger partial charge on any atom is -0.456 e. The molecule has 0 fully saturated rings. The SMILES string of the molecule is Brc1ccc2oc3ccc(Br)c4cccc(c5cccc1c25)c34.C.OB(O)c1ccccc1.c1ccc(-c2ccc3oc4ccc(-c5ccccc5)c5cccc(c6cccc2c36)c45)cc1. The quantitative estimate of drug-likeness (QED) is 0.173. The molecule has 13 aromatic rings. The summed E-state index contributed by atoms with van der Waals surface area (Å²) in [5.74, 6) is 0. The van der Waals surface area contributed by atoms with Gasteiger partial charge in [0.1, 0.15) is 22.3 Å². The highest BCUT2D eigenvalue weighted by atomic mass is 79.9. The molecular formula is C59H41BBr2O4. The average molecular weight is 985 g/mol. The van der Waals surface area contributed by atoms with Crippen molar-refractivity contribution in [1.82, 2.24) is 0 Å². The summed E-state index contributed by atoms with van der Waals surface area (Å²) in [6, 6.07) is 72.6. The van der Waals surface area contributed by atoms with E-state index in [-0.39, 0.29) is 7.43 Å². The second kappa shape index (κ2) is 18.1. The van der Waals surface area contributed by atoms with Crippen molar-refractivity contribution in [3.63, 3.8) is 0 Å². The summed E-state index contributed by atoms with van der Waals surface area (Å²) in [6.45, 7) is 0. The Morgan fingerprint density at radius 2 is 0.606 bits per heavy atom. The topological polar surface area (TPSA) is 66.7 Å². The second-order valence-electron chi connectivity index (χ2n) is 15.9. The van der Waals surface area contributed by atoms with Crippen LogP contribution >= 0.6 is 31.9 Å². The first-order valence-electron chi connectivity index (χ1n) is 21.4. The zero-order valence-electron chi connectivity index (χ0n) is 34.8. The molecule has 0 bridgehead atoms. The number of hydrogen-bond acceptors (Lipinski definition) is 4. The molecular weight excluding hydrogens is 943 g/mol. The minimum atomic E-state index is -1.34. The molecule has 0 radical (unpaired) electrons. The summed E-state index contributed by atoms with van der Waals surface area (Å²) in [5, 5.41) is 31.4. The van der Waals surface area contributed by atoms with Gasteiger partial charge in [0, 0.05) is 41.3 Å². The maximum absolute atomic E-state index is 8.58. The second-order valence-corrected chi connectivity index (χ2v) is 17.7. The highest BCUT2D eigenvalue weighted by Crippen LogP contribution is 2.43. The molecule has 0 aliphatic carbocycles. The number of rotatable bonds is 3. The van der Waals surface area contributed by atoms with Gasteiger partial charge in [-0.15, -0.1) is 0 Å². The van der Waals surface area contributed by atoms with Crippen molar-refractivity contribution in [2.45, 2.75) is 7.43 Å². The number of benzene rings is 11. The zero-order chi connectivity index (χ0) is 44.0. The predicted molar refractivity (Wildman–Crippen MR) is 287 cm³/mol. The average Bonchev–Trinajstić information content (AvgIpc) is 3.59. The van der Waals surface area contributed by atoms with E-state index in [0.717, 1.165) is 42.0 Å². The van der Waals surface area contributed by atoms with E-state index in [4.69, 9.17) is 18.9 Å². The van der Waals surface area contributed by atoms with Gasteiger partial charge in [-0.1, -0.05) is 215 Å². The van der Waals surface area contributed by atoms with E-state index in [1.807, 2.05) is 30.3 Å². The minimum absolute atomic E-state index is 0. The molecule has 0 unspecified atom stereocenters. The monoisotopic (exact) mass is 982 g/mol. The van der Waals surface area contributed by atoms with E-state index in [0.29, 0.717) is 5.46 Å². The molecule has 4 nitrogen and oxygen atoms in total. The van der Waals surface area contributed by atoms with Crippen molar-refractivity contribution >= 4 is 131 Å². The molecule has 0 amide bonds. The molecule has 7 heteroatoms. The van der Waals surface area contributed by atoms with Gasteiger partial charge in [-0.05, 0) is 96.4 Å². The third-order valence-electron chi connectivity index (χ3n) is 12.2. The highest BCUT2D eigenvalue weighted by molar-refractivity contribution is 9.11. The van der Waals surface area contributed by atoms with Crippen molar-refractivity contribution in [2.75, 3.05) is 0 Å². The Morgan fingerprint density at radius 1 is 0.303 bits per heavy atom. The van der Waals surface area contributed by atoms with Gasteiger partial charge in [-0.25, -0.2) is 0 Å². The molecule has 2 aromatic heterocycles. The van der Waals surface area contributed by atoms with Crippen LogP contribution in [0.4, 0.5) is 0 Å². The van der Waals surface area contributed by atoms with Crippen LogP contribution in [-0.4, -0.2) is 17.2 Å². The van der Waals surface area contributed by atoms with Crippen LogP contribution in [0.15, 0.2) is 230 Å². The lowest BCUT2D eigenvalue weighted by Crippen LogP contribution is -2.29. The Hall–Kier alpha value is -7.00. The van der Waals surface area contributed by atoms with Crippen molar-refractivity contribution < 1.29 is 18.9 Å². The highest BCUT2D eigenvalue weighted by Gasteiger charge is 2.17. The van der Waals surface area contributed by atoms with Gasteiger partial charge in [0.05, 0.1) is 0 Å². The number of hydrogen-bond donors (Lipinski definition) is 2. The Kier molecular flexibility index (Phi) is 11.8. The van der Waals surface area contributed by atoms with Gasteiger partial charge in [-0.3, -0.25) is 0 Å². The molecule has 0 saturated heterocycles. The molecule has 0 saturated carbocycles. The Bertz CT molecular complexity index is 3650. The van der Waals surface area contributed by atoms with Crippen molar-refractivity contribution in [1.29, 1.82) is 0 Å². The summed E-state index contributed by atoms with van der Waals surface area (Å²) in [4.78, 5) is 0. The van der Waals surface area contributed by atoms with Crippen LogP contribution in [0.3, 0.4) is 0 Å². The van der Waals surface area contributed by atoms with Gasteiger partial charge in [0.25, 0.3) is 0 Å². The lowest BCUT2D eigenvalue weighted by molar-refractivity contribution is 0.426. The third kappa shape index (κ3) is 7.64. The van der Waals surface area contributed by atoms with Gasteiger partial charge >= 0.3 is 7.12 Å². The summed E-state index contributed by atoms with van der Waals surface area (Å²) in [5.41, 5.74) is 9.02.